The van der Waals surface area contributed by atoms with Gasteiger partial charge in [0, 0.05) is 44.1 Å². The van der Waals surface area contributed by atoms with Gasteiger partial charge in [-0.25, -0.2) is 13.2 Å². The van der Waals surface area contributed by atoms with Crippen molar-refractivity contribution in [2.45, 2.75) is 31.0 Å². The number of rotatable bonds is 8. The molecule has 0 spiro atoms. The number of carbonyl (C=O) groups is 2. The van der Waals surface area contributed by atoms with Gasteiger partial charge in [0.2, 0.25) is 0 Å². The molecule has 1 saturated heterocycles. The van der Waals surface area contributed by atoms with E-state index >= 15 is 0 Å². The number of benzene rings is 3. The summed E-state index contributed by atoms with van der Waals surface area (Å²) in [6.07, 6.45) is -4.25. The first-order valence-corrected chi connectivity index (χ1v) is 14.2. The summed E-state index contributed by atoms with van der Waals surface area (Å²) in [6, 6.07) is 21.7. The fraction of sp³-hybridized carbons (Fsp3) is 0.286. The highest BCUT2D eigenvalue weighted by atomic mass is 32.2. The van der Waals surface area contributed by atoms with E-state index in [1.165, 1.54) is 0 Å². The van der Waals surface area contributed by atoms with Crippen molar-refractivity contribution in [2.75, 3.05) is 35.8 Å². The van der Waals surface area contributed by atoms with Crippen LogP contribution < -0.4 is 20.3 Å². The minimum atomic E-state index is -5.08. The van der Waals surface area contributed by atoms with Crippen LogP contribution in [0, 0.1) is 0 Å². The third kappa shape index (κ3) is 9.22. The summed E-state index contributed by atoms with van der Waals surface area (Å²) in [6.45, 7) is 5.61. The van der Waals surface area contributed by atoms with Crippen LogP contribution in [0.1, 0.15) is 28.4 Å². The van der Waals surface area contributed by atoms with E-state index in [9.17, 15) is 26.4 Å². The predicted octanol–water partition coefficient (Wildman–Crippen LogP) is 4.02. The van der Waals surface area contributed by atoms with E-state index in [1.54, 1.807) is 24.3 Å². The van der Waals surface area contributed by atoms with Gasteiger partial charge >= 0.3 is 12.1 Å². The Balaban J connectivity index is 0.000000587. The fourth-order valence-corrected chi connectivity index (χ4v) is 5.00. The number of carbonyl (C=O) groups excluding carboxylic acids is 1. The molecule has 3 aromatic rings. The lowest BCUT2D eigenvalue weighted by Crippen LogP contribution is -2.44. The molecule has 0 bridgehead atoms. The van der Waals surface area contributed by atoms with Crippen molar-refractivity contribution in [3.63, 3.8) is 0 Å². The number of carboxylic acid groups (broad SMARTS) is 1. The molecule has 0 atom stereocenters. The van der Waals surface area contributed by atoms with Crippen molar-refractivity contribution in [3.05, 3.63) is 89.5 Å². The van der Waals surface area contributed by atoms with Crippen molar-refractivity contribution in [1.29, 1.82) is 0 Å². The summed E-state index contributed by atoms with van der Waals surface area (Å²) in [5.74, 6) is -3.00. The molecule has 0 radical (unpaired) electrons. The number of halogens is 3. The molecule has 4 rings (SSSR count). The Kier molecular flexibility index (Phi) is 10.7. The van der Waals surface area contributed by atoms with Gasteiger partial charge < -0.3 is 20.6 Å². The molecule has 41 heavy (non-hydrogen) atoms. The van der Waals surface area contributed by atoms with E-state index < -0.39 is 22.2 Å². The minimum absolute atomic E-state index is 0.186. The molecule has 0 saturated carbocycles. The zero-order chi connectivity index (χ0) is 30.0. The first-order valence-electron chi connectivity index (χ1n) is 12.7. The van der Waals surface area contributed by atoms with E-state index in [0.29, 0.717) is 17.8 Å². The number of alkyl halides is 3. The second-order valence-electron chi connectivity index (χ2n) is 9.04. The molecule has 0 aromatic heterocycles. The lowest BCUT2D eigenvalue weighted by Gasteiger charge is -2.31. The predicted molar refractivity (Wildman–Crippen MR) is 149 cm³/mol. The van der Waals surface area contributed by atoms with E-state index in [1.807, 2.05) is 55.5 Å². The number of piperazine rings is 1. The van der Waals surface area contributed by atoms with Crippen LogP contribution in [-0.4, -0.2) is 57.8 Å². The van der Waals surface area contributed by atoms with E-state index in [0.717, 1.165) is 49.4 Å². The summed E-state index contributed by atoms with van der Waals surface area (Å²) in [5, 5.41) is 13.4. The van der Waals surface area contributed by atoms with Crippen LogP contribution in [-0.2, 0) is 27.8 Å². The van der Waals surface area contributed by atoms with Crippen LogP contribution in [0.2, 0.25) is 0 Å². The summed E-state index contributed by atoms with van der Waals surface area (Å²) < 4.78 is 60.3. The van der Waals surface area contributed by atoms with Crippen molar-refractivity contribution in [3.8, 4) is 0 Å². The van der Waals surface area contributed by atoms with E-state index in [4.69, 9.17) is 9.90 Å². The molecule has 0 unspecified atom stereocenters. The number of nitrogens with one attached hydrogen (secondary N) is 3. The number of aliphatic carboxylic acids is 1. The van der Waals surface area contributed by atoms with Crippen LogP contribution in [0.4, 0.5) is 24.5 Å². The summed E-state index contributed by atoms with van der Waals surface area (Å²) in [4.78, 5) is 24.4. The van der Waals surface area contributed by atoms with Gasteiger partial charge in [-0.05, 0) is 47.9 Å². The smallest absolute Gasteiger partial charge is 0.475 e. The highest BCUT2D eigenvalue weighted by molar-refractivity contribution is 7.92. The molecule has 220 valence electrons. The fourth-order valence-electron chi connectivity index (χ4n) is 3.95. The first-order chi connectivity index (χ1) is 19.4. The Bertz CT molecular complexity index is 1430. The van der Waals surface area contributed by atoms with Crippen LogP contribution >= 0.6 is 0 Å². The summed E-state index contributed by atoms with van der Waals surface area (Å²) >= 11 is 0. The van der Waals surface area contributed by atoms with Gasteiger partial charge in [-0.3, -0.25) is 9.52 Å². The maximum absolute atomic E-state index is 13.2. The number of anilines is 2. The van der Waals surface area contributed by atoms with Gasteiger partial charge in [-0.2, -0.15) is 13.2 Å². The molecule has 4 N–H and O–H groups in total. The Labute approximate surface area is 236 Å². The van der Waals surface area contributed by atoms with Crippen molar-refractivity contribution in [2.24, 2.45) is 0 Å². The van der Waals surface area contributed by atoms with E-state index in [-0.39, 0.29) is 10.8 Å². The maximum atomic E-state index is 13.2. The number of carboxylic acids is 1. The van der Waals surface area contributed by atoms with E-state index in [2.05, 4.69) is 20.3 Å². The molecule has 9 nitrogen and oxygen atoms in total. The molecular formula is C28H31F3N4O5S. The largest absolute Gasteiger partial charge is 0.490 e. The Morgan fingerprint density at radius 2 is 1.56 bits per heavy atom. The molecule has 0 aliphatic carbocycles. The Morgan fingerprint density at radius 3 is 2.12 bits per heavy atom. The van der Waals surface area contributed by atoms with Gasteiger partial charge in [0.15, 0.2) is 0 Å². The molecule has 1 heterocycles. The topological polar surface area (TPSA) is 128 Å². The Hall–Kier alpha value is -4.10. The molecule has 1 aliphatic rings. The average molecular weight is 593 g/mol. The maximum Gasteiger partial charge on any atom is 0.490 e. The zero-order valence-electron chi connectivity index (χ0n) is 22.2. The number of sulfonamides is 1. The van der Waals surface area contributed by atoms with Crippen molar-refractivity contribution < 1.29 is 36.3 Å². The molecule has 1 fully saturated rings. The van der Waals surface area contributed by atoms with Crippen molar-refractivity contribution >= 4 is 33.3 Å². The third-order valence-corrected chi connectivity index (χ3v) is 7.53. The minimum Gasteiger partial charge on any atom is -0.475 e. The van der Waals surface area contributed by atoms with Gasteiger partial charge in [-0.1, -0.05) is 49.4 Å². The number of hydrogen-bond donors (Lipinski definition) is 4. The Morgan fingerprint density at radius 1 is 0.951 bits per heavy atom. The lowest BCUT2D eigenvalue weighted by molar-refractivity contribution is -0.192. The van der Waals surface area contributed by atoms with Crippen molar-refractivity contribution in [1.82, 2.24) is 10.6 Å². The number of aryl methyl sites for hydroxylation is 1. The molecular weight excluding hydrogens is 561 g/mol. The highest BCUT2D eigenvalue weighted by Crippen LogP contribution is 2.27. The molecule has 1 amide bonds. The number of hydrogen-bond acceptors (Lipinski definition) is 6. The molecule has 1 aliphatic heterocycles. The lowest BCUT2D eigenvalue weighted by atomic mass is 10.1. The van der Waals surface area contributed by atoms with Crippen LogP contribution in [0.5, 0.6) is 0 Å². The monoisotopic (exact) mass is 592 g/mol. The molecule has 13 heteroatoms. The number of nitrogens with zero attached hydrogens (tertiary/aromatic N) is 1. The quantitative estimate of drug-likeness (QED) is 0.311. The normalized spacial score (nSPS) is 13.5. The number of amides is 1. The second-order valence-corrected chi connectivity index (χ2v) is 10.7. The molecule has 3 aromatic carbocycles. The highest BCUT2D eigenvalue weighted by Gasteiger charge is 2.38. The van der Waals surface area contributed by atoms with Crippen LogP contribution in [0.3, 0.4) is 0 Å². The zero-order valence-corrected chi connectivity index (χ0v) is 23.1. The first kappa shape index (κ1) is 31.4. The summed E-state index contributed by atoms with van der Waals surface area (Å²) in [7, 11) is -3.78. The summed E-state index contributed by atoms with van der Waals surface area (Å²) in [5.41, 5.74) is 3.65. The van der Waals surface area contributed by atoms with Gasteiger partial charge in [0.05, 0.1) is 10.5 Å². The van der Waals surface area contributed by atoms with Gasteiger partial charge in [0.25, 0.3) is 15.9 Å². The average Bonchev–Trinajstić information content (AvgIpc) is 2.96. The third-order valence-electron chi connectivity index (χ3n) is 6.13. The second kappa shape index (κ2) is 14.0. The standard InChI is InChI=1S/C26H30N4O3S.C2HF3O2/c1-2-20-8-11-23(12-9-20)34(32,33)29-22-10-13-25(30-16-14-27-15-17-30)24(18-22)26(31)28-19-21-6-4-3-5-7-21;3-2(4,5)1(6)7/h3-13,18,27,29H,2,14-17,19H2,1H3,(H,28,31);(H,6,7). The van der Waals surface area contributed by atoms with Gasteiger partial charge in [0.1, 0.15) is 0 Å². The van der Waals surface area contributed by atoms with Crippen LogP contribution in [0.15, 0.2) is 77.7 Å². The van der Waals surface area contributed by atoms with Crippen LogP contribution in [0.25, 0.3) is 0 Å². The van der Waals surface area contributed by atoms with Gasteiger partial charge in [-0.15, -0.1) is 0 Å². The SMILES string of the molecule is CCc1ccc(S(=O)(=O)Nc2ccc(N3CCNCC3)c(C(=O)NCc3ccccc3)c2)cc1.O=C(O)C(F)(F)F.